The maximum Gasteiger partial charge on any atom is 0.341 e. The number of esters is 1. The Morgan fingerprint density at radius 2 is 1.76 bits per heavy atom. The highest BCUT2D eigenvalue weighted by Gasteiger charge is 2.36. The molecule has 0 bridgehead atoms. The normalized spacial score (nSPS) is 14.8. The number of anilines is 3. The lowest BCUT2D eigenvalue weighted by molar-refractivity contribution is -0.122. The smallest absolute Gasteiger partial charge is 0.341 e. The number of rotatable bonds is 8. The lowest BCUT2D eigenvalue weighted by Crippen LogP contribution is -2.28. The molecule has 10 heteroatoms. The van der Waals surface area contributed by atoms with Gasteiger partial charge >= 0.3 is 5.97 Å². The number of hydrogen-bond acceptors (Lipinski definition) is 7. The molecule has 2 N–H and O–H groups in total. The van der Waals surface area contributed by atoms with E-state index in [9.17, 15) is 19.2 Å². The van der Waals surface area contributed by atoms with Gasteiger partial charge in [0.25, 0.3) is 5.91 Å². The van der Waals surface area contributed by atoms with Crippen LogP contribution in [0, 0.1) is 12.8 Å². The van der Waals surface area contributed by atoms with Crippen molar-refractivity contribution in [3.05, 3.63) is 70.6 Å². The summed E-state index contributed by atoms with van der Waals surface area (Å²) in [5, 5.41) is 5.80. The minimum atomic E-state index is -0.632. The number of methoxy groups -OCH3 is 1. The third-order valence-electron chi connectivity index (χ3n) is 5.98. The standard InChI is InChI=1S/C27H27N3O6S/c1-4-36-27(34)22-16(2)23(25(33)28-18-8-6-5-7-9-18)37-26(22)29-24(32)17-14-21(31)30(15-17)19-10-12-20(35-3)13-11-19/h5-13,17H,4,14-15H2,1-3H3,(H,28,33)(H,29,32). The fourth-order valence-electron chi connectivity index (χ4n) is 4.09. The van der Waals surface area contributed by atoms with Crippen LogP contribution in [0.3, 0.4) is 0 Å². The second-order valence-electron chi connectivity index (χ2n) is 8.39. The molecule has 1 atom stereocenters. The van der Waals surface area contributed by atoms with E-state index in [0.717, 1.165) is 11.3 Å². The Hall–Kier alpha value is -4.18. The highest BCUT2D eigenvalue weighted by atomic mass is 32.1. The third kappa shape index (κ3) is 5.64. The number of thiophene rings is 1. The number of ether oxygens (including phenoxy) is 2. The number of nitrogens with one attached hydrogen (secondary N) is 2. The molecule has 1 aliphatic rings. The third-order valence-corrected chi connectivity index (χ3v) is 7.19. The van der Waals surface area contributed by atoms with Crippen LogP contribution in [0.5, 0.6) is 5.75 Å². The van der Waals surface area contributed by atoms with E-state index in [1.807, 2.05) is 6.07 Å². The van der Waals surface area contributed by atoms with Gasteiger partial charge < -0.3 is 25.0 Å². The summed E-state index contributed by atoms with van der Waals surface area (Å²) >= 11 is 1.000. The van der Waals surface area contributed by atoms with Crippen molar-refractivity contribution in [2.45, 2.75) is 20.3 Å². The molecular formula is C27H27N3O6S. The summed E-state index contributed by atoms with van der Waals surface area (Å²) in [6, 6.07) is 15.9. The monoisotopic (exact) mass is 521 g/mol. The van der Waals surface area contributed by atoms with Gasteiger partial charge in [0.2, 0.25) is 11.8 Å². The number of hydrogen-bond donors (Lipinski definition) is 2. The average molecular weight is 522 g/mol. The number of benzene rings is 2. The zero-order valence-electron chi connectivity index (χ0n) is 20.7. The number of carbonyl (C=O) groups excluding carboxylic acids is 4. The van der Waals surface area contributed by atoms with Crippen molar-refractivity contribution >= 4 is 51.4 Å². The van der Waals surface area contributed by atoms with Gasteiger partial charge in [-0.05, 0) is 55.8 Å². The molecule has 1 unspecified atom stereocenters. The van der Waals surface area contributed by atoms with Crippen molar-refractivity contribution in [1.82, 2.24) is 0 Å². The summed E-state index contributed by atoms with van der Waals surface area (Å²) in [6.07, 6.45) is 0.0261. The highest BCUT2D eigenvalue weighted by Crippen LogP contribution is 2.35. The lowest BCUT2D eigenvalue weighted by atomic mass is 10.1. The molecular weight excluding hydrogens is 494 g/mol. The second-order valence-corrected chi connectivity index (χ2v) is 9.41. The van der Waals surface area contributed by atoms with Gasteiger partial charge in [-0.3, -0.25) is 14.4 Å². The minimum Gasteiger partial charge on any atom is -0.497 e. The number of para-hydroxylation sites is 1. The summed E-state index contributed by atoms with van der Waals surface area (Å²) < 4.78 is 10.4. The molecule has 37 heavy (non-hydrogen) atoms. The summed E-state index contributed by atoms with van der Waals surface area (Å²) in [6.45, 7) is 3.65. The molecule has 3 amide bonds. The molecule has 0 radical (unpaired) electrons. The van der Waals surface area contributed by atoms with E-state index in [-0.39, 0.29) is 40.9 Å². The van der Waals surface area contributed by atoms with Gasteiger partial charge in [-0.1, -0.05) is 18.2 Å². The predicted molar refractivity (Wildman–Crippen MR) is 141 cm³/mol. The van der Waals surface area contributed by atoms with Crippen molar-refractivity contribution in [3.63, 3.8) is 0 Å². The first-order valence-electron chi connectivity index (χ1n) is 11.7. The fraction of sp³-hybridized carbons (Fsp3) is 0.259. The van der Waals surface area contributed by atoms with Crippen LogP contribution >= 0.6 is 11.3 Å². The first-order valence-corrected chi connectivity index (χ1v) is 12.6. The van der Waals surface area contributed by atoms with E-state index in [1.54, 1.807) is 74.4 Å². The molecule has 1 aromatic heterocycles. The summed E-state index contributed by atoms with van der Waals surface area (Å²) in [7, 11) is 1.56. The fourth-order valence-corrected chi connectivity index (χ4v) is 5.18. The van der Waals surface area contributed by atoms with Crippen molar-refractivity contribution in [1.29, 1.82) is 0 Å². The quantitative estimate of drug-likeness (QED) is 0.423. The van der Waals surface area contributed by atoms with Crippen LogP contribution in [0.1, 0.15) is 38.9 Å². The van der Waals surface area contributed by atoms with Gasteiger partial charge in [0.1, 0.15) is 10.8 Å². The van der Waals surface area contributed by atoms with Crippen LogP contribution in [0.2, 0.25) is 0 Å². The van der Waals surface area contributed by atoms with E-state index in [0.29, 0.717) is 22.7 Å². The molecule has 192 valence electrons. The van der Waals surface area contributed by atoms with Crippen LogP contribution in [-0.2, 0) is 14.3 Å². The Balaban J connectivity index is 1.55. The summed E-state index contributed by atoms with van der Waals surface area (Å²) in [5.74, 6) is -1.59. The Morgan fingerprint density at radius 1 is 1.05 bits per heavy atom. The minimum absolute atomic E-state index is 0.0261. The maximum absolute atomic E-state index is 13.2. The van der Waals surface area contributed by atoms with E-state index >= 15 is 0 Å². The van der Waals surface area contributed by atoms with Crippen LogP contribution in [-0.4, -0.2) is 44.0 Å². The molecule has 4 rings (SSSR count). The second kappa shape index (κ2) is 11.3. The van der Waals surface area contributed by atoms with Crippen LogP contribution < -0.4 is 20.3 Å². The summed E-state index contributed by atoms with van der Waals surface area (Å²) in [5.41, 5.74) is 1.82. The largest absolute Gasteiger partial charge is 0.497 e. The van der Waals surface area contributed by atoms with Crippen LogP contribution in [0.4, 0.5) is 16.4 Å². The van der Waals surface area contributed by atoms with Crippen LogP contribution in [0.15, 0.2) is 54.6 Å². The summed E-state index contributed by atoms with van der Waals surface area (Å²) in [4.78, 5) is 53.4. The van der Waals surface area contributed by atoms with Gasteiger partial charge in [0, 0.05) is 24.3 Å². The molecule has 3 aromatic rings. The van der Waals surface area contributed by atoms with Gasteiger partial charge in [0.15, 0.2) is 0 Å². The molecule has 1 saturated heterocycles. The Bertz CT molecular complexity index is 1320. The van der Waals surface area contributed by atoms with Crippen molar-refractivity contribution in [3.8, 4) is 5.75 Å². The average Bonchev–Trinajstić information content (AvgIpc) is 3.44. The van der Waals surface area contributed by atoms with E-state index in [2.05, 4.69) is 10.6 Å². The Kier molecular flexibility index (Phi) is 7.88. The molecule has 1 aliphatic heterocycles. The number of carbonyl (C=O) groups is 4. The van der Waals surface area contributed by atoms with E-state index in [1.165, 1.54) is 0 Å². The Labute approximate surface area is 218 Å². The lowest BCUT2D eigenvalue weighted by Gasteiger charge is -2.17. The molecule has 0 saturated carbocycles. The topological polar surface area (TPSA) is 114 Å². The van der Waals surface area contributed by atoms with Gasteiger partial charge in [-0.15, -0.1) is 11.3 Å². The molecule has 9 nitrogen and oxygen atoms in total. The van der Waals surface area contributed by atoms with Crippen molar-refractivity contribution in [2.75, 3.05) is 35.8 Å². The number of amides is 3. The van der Waals surface area contributed by atoms with E-state index in [4.69, 9.17) is 9.47 Å². The van der Waals surface area contributed by atoms with Gasteiger partial charge in [-0.2, -0.15) is 0 Å². The first-order chi connectivity index (χ1) is 17.8. The molecule has 1 fully saturated rings. The van der Waals surface area contributed by atoms with E-state index < -0.39 is 23.7 Å². The van der Waals surface area contributed by atoms with Gasteiger partial charge in [-0.25, -0.2) is 4.79 Å². The maximum atomic E-state index is 13.2. The van der Waals surface area contributed by atoms with Crippen molar-refractivity contribution < 1.29 is 28.7 Å². The highest BCUT2D eigenvalue weighted by molar-refractivity contribution is 7.19. The SMILES string of the molecule is CCOC(=O)c1c(NC(=O)C2CC(=O)N(c3ccc(OC)cc3)C2)sc(C(=O)Nc2ccccc2)c1C. The van der Waals surface area contributed by atoms with Crippen LogP contribution in [0.25, 0.3) is 0 Å². The first kappa shape index (κ1) is 25.9. The van der Waals surface area contributed by atoms with Crippen molar-refractivity contribution in [2.24, 2.45) is 5.92 Å². The molecule has 0 spiro atoms. The molecule has 0 aliphatic carbocycles. The Morgan fingerprint density at radius 3 is 2.41 bits per heavy atom. The van der Waals surface area contributed by atoms with Gasteiger partial charge in [0.05, 0.1) is 30.1 Å². The molecule has 2 aromatic carbocycles. The zero-order chi connectivity index (χ0) is 26.5. The molecule has 2 heterocycles. The zero-order valence-corrected chi connectivity index (χ0v) is 21.5. The predicted octanol–water partition coefficient (Wildman–Crippen LogP) is 4.49. The number of nitrogens with zero attached hydrogens (tertiary/aromatic N) is 1.